The van der Waals surface area contributed by atoms with Crippen LogP contribution >= 0.6 is 23.2 Å². The van der Waals surface area contributed by atoms with E-state index in [4.69, 9.17) is 23.2 Å². The van der Waals surface area contributed by atoms with E-state index < -0.39 is 0 Å². The number of fused-ring (bicyclic) bond motifs is 1. The number of H-pyrrole nitrogens is 1. The summed E-state index contributed by atoms with van der Waals surface area (Å²) in [5.41, 5.74) is 0.868. The summed E-state index contributed by atoms with van der Waals surface area (Å²) in [7, 11) is 0. The minimum atomic E-state index is 0.187. The molecule has 0 aromatic carbocycles. The topological polar surface area (TPSA) is 58.6 Å². The highest BCUT2D eigenvalue weighted by Gasteiger charge is 2.07. The van der Waals surface area contributed by atoms with E-state index in [0.29, 0.717) is 22.5 Å². The molecule has 13 heavy (non-hydrogen) atoms. The lowest BCUT2D eigenvalue weighted by Crippen LogP contribution is -1.79. The van der Waals surface area contributed by atoms with Crippen LogP contribution < -0.4 is 0 Å². The Bertz CT molecular complexity index is 480. The van der Waals surface area contributed by atoms with E-state index in [0.717, 1.165) is 0 Å². The van der Waals surface area contributed by atoms with E-state index in [9.17, 15) is 4.79 Å². The largest absolute Gasteiger partial charge is 0.333 e. The smallest absolute Gasteiger partial charge is 0.185 e. The van der Waals surface area contributed by atoms with Gasteiger partial charge in [0, 0.05) is 0 Å². The van der Waals surface area contributed by atoms with Gasteiger partial charge in [0.2, 0.25) is 0 Å². The maximum atomic E-state index is 10.4. The van der Waals surface area contributed by atoms with Crippen LogP contribution in [-0.2, 0) is 0 Å². The molecule has 2 aromatic heterocycles. The highest BCUT2D eigenvalue weighted by Crippen LogP contribution is 2.22. The van der Waals surface area contributed by atoms with E-state index in [1.807, 2.05) is 0 Å². The minimum Gasteiger partial charge on any atom is -0.333 e. The number of imidazole rings is 1. The Kier molecular flexibility index (Phi) is 1.94. The number of nitrogens with zero attached hydrogens (tertiary/aromatic N) is 2. The van der Waals surface area contributed by atoms with Gasteiger partial charge in [-0.05, 0) is 6.07 Å². The Morgan fingerprint density at radius 1 is 1.38 bits per heavy atom. The highest BCUT2D eigenvalue weighted by atomic mass is 35.5. The predicted molar refractivity (Wildman–Crippen MR) is 49.3 cm³/mol. The van der Waals surface area contributed by atoms with E-state index in [2.05, 4.69) is 15.0 Å². The Labute approximate surface area is 82.9 Å². The van der Waals surface area contributed by atoms with Crippen LogP contribution in [0.1, 0.15) is 10.6 Å². The fraction of sp³-hybridized carbons (Fsp3) is 0. The molecule has 0 aliphatic carbocycles. The zero-order valence-corrected chi connectivity index (χ0v) is 7.73. The van der Waals surface area contributed by atoms with Crippen molar-refractivity contribution in [2.75, 3.05) is 0 Å². The first-order valence-electron chi connectivity index (χ1n) is 3.37. The van der Waals surface area contributed by atoms with Gasteiger partial charge in [-0.2, -0.15) is 0 Å². The second kappa shape index (κ2) is 2.97. The number of hydrogen-bond donors (Lipinski definition) is 1. The average Bonchev–Trinajstić information content (AvgIpc) is 2.47. The highest BCUT2D eigenvalue weighted by molar-refractivity contribution is 6.37. The standard InChI is InChI=1S/C7H3Cl2N3O/c8-3-1-4(9)10-7-6(3)11-5(2-13)12-7/h1-2H,(H,10,11,12). The van der Waals surface area contributed by atoms with Crippen LogP contribution in [0.15, 0.2) is 6.07 Å². The molecule has 2 aromatic rings. The van der Waals surface area contributed by atoms with Crippen molar-refractivity contribution >= 4 is 40.7 Å². The molecule has 0 atom stereocenters. The average molecular weight is 216 g/mol. The Morgan fingerprint density at radius 3 is 2.85 bits per heavy atom. The van der Waals surface area contributed by atoms with Crippen molar-refractivity contribution in [3.63, 3.8) is 0 Å². The monoisotopic (exact) mass is 215 g/mol. The quantitative estimate of drug-likeness (QED) is 0.586. The van der Waals surface area contributed by atoms with Crippen molar-refractivity contribution in [2.24, 2.45) is 0 Å². The summed E-state index contributed by atoms with van der Waals surface area (Å²) >= 11 is 11.5. The van der Waals surface area contributed by atoms with Gasteiger partial charge in [0.05, 0.1) is 5.02 Å². The Morgan fingerprint density at radius 2 is 2.15 bits per heavy atom. The number of aldehydes is 1. The van der Waals surface area contributed by atoms with Crippen LogP contribution in [0, 0.1) is 0 Å². The maximum Gasteiger partial charge on any atom is 0.185 e. The summed E-state index contributed by atoms with van der Waals surface area (Å²) in [4.78, 5) is 20.8. The molecule has 6 heteroatoms. The SMILES string of the molecule is O=Cc1nc2nc(Cl)cc(Cl)c2[nH]1. The van der Waals surface area contributed by atoms with Gasteiger partial charge >= 0.3 is 0 Å². The molecule has 0 radical (unpaired) electrons. The third-order valence-electron chi connectivity index (χ3n) is 1.51. The van der Waals surface area contributed by atoms with Gasteiger partial charge in [0.1, 0.15) is 10.7 Å². The van der Waals surface area contributed by atoms with Crippen LogP contribution in [0.4, 0.5) is 0 Å². The number of carbonyl (C=O) groups is 1. The molecule has 0 saturated carbocycles. The molecule has 0 bridgehead atoms. The molecule has 0 aliphatic rings. The molecule has 2 rings (SSSR count). The summed E-state index contributed by atoms with van der Waals surface area (Å²) < 4.78 is 0. The number of pyridine rings is 1. The third-order valence-corrected chi connectivity index (χ3v) is 2.00. The molecule has 0 aliphatic heterocycles. The van der Waals surface area contributed by atoms with Crippen LogP contribution in [0.2, 0.25) is 10.2 Å². The Balaban J connectivity index is 2.82. The number of aromatic nitrogens is 3. The van der Waals surface area contributed by atoms with Gasteiger partial charge < -0.3 is 4.98 Å². The maximum absolute atomic E-state index is 10.4. The summed E-state index contributed by atoms with van der Waals surface area (Å²) in [5.74, 6) is 0.187. The third kappa shape index (κ3) is 1.38. The summed E-state index contributed by atoms with van der Waals surface area (Å²) in [5, 5.41) is 0.650. The first-order valence-corrected chi connectivity index (χ1v) is 4.13. The zero-order chi connectivity index (χ0) is 9.42. The van der Waals surface area contributed by atoms with E-state index >= 15 is 0 Å². The van der Waals surface area contributed by atoms with Gasteiger partial charge in [-0.3, -0.25) is 4.79 Å². The second-order valence-electron chi connectivity index (χ2n) is 2.37. The minimum absolute atomic E-state index is 0.187. The van der Waals surface area contributed by atoms with Crippen LogP contribution in [-0.4, -0.2) is 21.2 Å². The number of halogens is 2. The number of nitrogens with one attached hydrogen (secondary N) is 1. The van der Waals surface area contributed by atoms with E-state index in [1.165, 1.54) is 6.07 Å². The lowest BCUT2D eigenvalue weighted by molar-refractivity contribution is 0.111. The van der Waals surface area contributed by atoms with Crippen LogP contribution in [0.3, 0.4) is 0 Å². The molecular formula is C7H3Cl2N3O. The van der Waals surface area contributed by atoms with Crippen molar-refractivity contribution in [3.8, 4) is 0 Å². The normalized spacial score (nSPS) is 10.6. The molecule has 66 valence electrons. The van der Waals surface area contributed by atoms with Crippen molar-refractivity contribution in [3.05, 3.63) is 22.1 Å². The molecule has 0 unspecified atom stereocenters. The van der Waals surface area contributed by atoms with Crippen molar-refractivity contribution in [2.45, 2.75) is 0 Å². The van der Waals surface area contributed by atoms with Gasteiger partial charge in [-0.1, -0.05) is 23.2 Å². The number of rotatable bonds is 1. The van der Waals surface area contributed by atoms with E-state index in [1.54, 1.807) is 0 Å². The molecule has 0 spiro atoms. The summed E-state index contributed by atoms with van der Waals surface area (Å²) in [6, 6.07) is 1.48. The molecule has 4 nitrogen and oxygen atoms in total. The molecule has 0 fully saturated rings. The molecule has 0 amide bonds. The number of hydrogen-bond acceptors (Lipinski definition) is 3. The lowest BCUT2D eigenvalue weighted by atomic mass is 10.4. The zero-order valence-electron chi connectivity index (χ0n) is 6.21. The van der Waals surface area contributed by atoms with Gasteiger partial charge in [-0.15, -0.1) is 0 Å². The molecule has 1 N–H and O–H groups in total. The lowest BCUT2D eigenvalue weighted by Gasteiger charge is -1.91. The van der Waals surface area contributed by atoms with Gasteiger partial charge in [0.15, 0.2) is 17.8 Å². The van der Waals surface area contributed by atoms with E-state index in [-0.39, 0.29) is 11.0 Å². The Hall–Kier alpha value is -1.13. The van der Waals surface area contributed by atoms with Crippen molar-refractivity contribution in [1.29, 1.82) is 0 Å². The first-order chi connectivity index (χ1) is 6.20. The number of aromatic amines is 1. The van der Waals surface area contributed by atoms with Crippen molar-refractivity contribution in [1.82, 2.24) is 15.0 Å². The fourth-order valence-electron chi connectivity index (χ4n) is 0.995. The van der Waals surface area contributed by atoms with Crippen LogP contribution in [0.25, 0.3) is 11.2 Å². The number of carbonyl (C=O) groups excluding carboxylic acids is 1. The fourth-order valence-corrected chi connectivity index (χ4v) is 1.48. The van der Waals surface area contributed by atoms with Gasteiger partial charge in [-0.25, -0.2) is 9.97 Å². The second-order valence-corrected chi connectivity index (χ2v) is 3.16. The summed E-state index contributed by atoms with van der Waals surface area (Å²) in [6.07, 6.45) is 0.589. The molecular weight excluding hydrogens is 213 g/mol. The molecule has 0 saturated heterocycles. The predicted octanol–water partition coefficient (Wildman–Crippen LogP) is 2.08. The van der Waals surface area contributed by atoms with Gasteiger partial charge in [0.25, 0.3) is 0 Å². The molecule has 2 heterocycles. The summed E-state index contributed by atoms with van der Waals surface area (Å²) in [6.45, 7) is 0. The first kappa shape index (κ1) is 8.47. The van der Waals surface area contributed by atoms with Crippen molar-refractivity contribution < 1.29 is 4.79 Å². The van der Waals surface area contributed by atoms with Crippen LogP contribution in [0.5, 0.6) is 0 Å².